The maximum absolute atomic E-state index is 13.0. The SMILES string of the molecule is COC1CCN(CC(C(C)C)N(C)C(=O)c2ccc(C)c(C)c2)CC1. The Kier molecular flexibility index (Phi) is 7.03. The summed E-state index contributed by atoms with van der Waals surface area (Å²) in [7, 11) is 3.75. The van der Waals surface area contributed by atoms with Gasteiger partial charge in [0.05, 0.1) is 6.10 Å². The summed E-state index contributed by atoms with van der Waals surface area (Å²) in [4.78, 5) is 17.4. The Morgan fingerprint density at radius 3 is 2.40 bits per heavy atom. The number of ether oxygens (including phenoxy) is 1. The predicted octanol–water partition coefficient (Wildman–Crippen LogP) is 3.51. The minimum Gasteiger partial charge on any atom is -0.381 e. The lowest BCUT2D eigenvalue weighted by Gasteiger charge is -2.38. The molecule has 1 fully saturated rings. The van der Waals surface area contributed by atoms with Crippen LogP contribution in [0.3, 0.4) is 0 Å². The molecule has 0 aromatic heterocycles. The zero-order chi connectivity index (χ0) is 18.6. The molecule has 0 radical (unpaired) electrons. The number of carbonyl (C=O) groups is 1. The van der Waals surface area contributed by atoms with Crippen LogP contribution >= 0.6 is 0 Å². The molecule has 0 bridgehead atoms. The Morgan fingerprint density at radius 2 is 1.88 bits per heavy atom. The highest BCUT2D eigenvalue weighted by molar-refractivity contribution is 5.94. The van der Waals surface area contributed by atoms with E-state index in [-0.39, 0.29) is 11.9 Å². The molecule has 0 N–H and O–H groups in total. The summed E-state index contributed by atoms with van der Waals surface area (Å²) in [5, 5.41) is 0. The van der Waals surface area contributed by atoms with Gasteiger partial charge >= 0.3 is 0 Å². The van der Waals surface area contributed by atoms with Gasteiger partial charge in [0.2, 0.25) is 0 Å². The number of likely N-dealkylation sites (N-methyl/N-ethyl adjacent to an activating group) is 1. The van der Waals surface area contributed by atoms with E-state index in [1.807, 2.05) is 30.1 Å². The zero-order valence-corrected chi connectivity index (χ0v) is 16.7. The molecule has 4 nitrogen and oxygen atoms in total. The summed E-state index contributed by atoms with van der Waals surface area (Å²) < 4.78 is 5.47. The van der Waals surface area contributed by atoms with Crippen molar-refractivity contribution in [3.8, 4) is 0 Å². The smallest absolute Gasteiger partial charge is 0.253 e. The number of amides is 1. The number of piperidine rings is 1. The van der Waals surface area contributed by atoms with Gasteiger partial charge in [-0.15, -0.1) is 0 Å². The normalized spacial score (nSPS) is 17.7. The molecule has 25 heavy (non-hydrogen) atoms. The minimum atomic E-state index is 0.119. The molecule has 1 aliphatic rings. The summed E-state index contributed by atoms with van der Waals surface area (Å²) in [6.45, 7) is 11.6. The number of likely N-dealkylation sites (tertiary alicyclic amines) is 1. The molecule has 1 aromatic carbocycles. The van der Waals surface area contributed by atoms with Crippen molar-refractivity contribution in [3.63, 3.8) is 0 Å². The molecule has 0 saturated carbocycles. The van der Waals surface area contributed by atoms with Crippen molar-refractivity contribution in [1.29, 1.82) is 0 Å². The van der Waals surface area contributed by atoms with Crippen LogP contribution in [-0.4, -0.2) is 61.6 Å². The van der Waals surface area contributed by atoms with Crippen molar-refractivity contribution in [2.45, 2.75) is 52.7 Å². The van der Waals surface area contributed by atoms with Crippen LogP contribution in [0.4, 0.5) is 0 Å². The highest BCUT2D eigenvalue weighted by Crippen LogP contribution is 2.19. The summed E-state index contributed by atoms with van der Waals surface area (Å²) in [6.07, 6.45) is 2.55. The van der Waals surface area contributed by atoms with Crippen LogP contribution in [0.5, 0.6) is 0 Å². The number of hydrogen-bond acceptors (Lipinski definition) is 3. The topological polar surface area (TPSA) is 32.8 Å². The Labute approximate surface area is 153 Å². The largest absolute Gasteiger partial charge is 0.381 e. The molecule has 4 heteroatoms. The second-order valence-electron chi connectivity index (χ2n) is 7.76. The molecule has 2 rings (SSSR count). The number of rotatable bonds is 6. The van der Waals surface area contributed by atoms with Gasteiger partial charge < -0.3 is 14.5 Å². The summed E-state index contributed by atoms with van der Waals surface area (Å²) >= 11 is 0. The summed E-state index contributed by atoms with van der Waals surface area (Å²) in [5.74, 6) is 0.536. The van der Waals surface area contributed by atoms with E-state index in [2.05, 4.69) is 32.6 Å². The molecule has 1 unspecified atom stereocenters. The number of methoxy groups -OCH3 is 1. The second-order valence-corrected chi connectivity index (χ2v) is 7.76. The number of nitrogens with zero attached hydrogens (tertiary/aromatic N) is 2. The van der Waals surface area contributed by atoms with Crippen molar-refractivity contribution in [2.75, 3.05) is 33.8 Å². The molecular formula is C21H34N2O2. The lowest BCUT2D eigenvalue weighted by Crippen LogP contribution is -2.50. The van der Waals surface area contributed by atoms with Crippen LogP contribution in [0.2, 0.25) is 0 Å². The van der Waals surface area contributed by atoms with E-state index in [1.54, 1.807) is 7.11 Å². The third-order valence-electron chi connectivity index (χ3n) is 5.65. The van der Waals surface area contributed by atoms with Crippen LogP contribution in [0.15, 0.2) is 18.2 Å². The lowest BCUT2D eigenvalue weighted by atomic mass is 9.98. The minimum absolute atomic E-state index is 0.119. The van der Waals surface area contributed by atoms with Gasteiger partial charge in [-0.1, -0.05) is 19.9 Å². The molecule has 140 valence electrons. The monoisotopic (exact) mass is 346 g/mol. The van der Waals surface area contributed by atoms with E-state index in [0.29, 0.717) is 12.0 Å². The number of benzene rings is 1. The summed E-state index contributed by atoms with van der Waals surface area (Å²) in [6, 6.07) is 6.21. The first kappa shape index (κ1) is 19.9. The first-order chi connectivity index (χ1) is 11.8. The van der Waals surface area contributed by atoms with Gasteiger partial charge in [-0.2, -0.15) is 0 Å². The van der Waals surface area contributed by atoms with Gasteiger partial charge in [-0.3, -0.25) is 4.79 Å². The number of aryl methyl sites for hydroxylation is 2. The third-order valence-corrected chi connectivity index (χ3v) is 5.65. The standard InChI is InChI=1S/C21H34N2O2/c1-15(2)20(14-23-11-9-19(25-6)10-12-23)22(5)21(24)18-8-7-16(3)17(4)13-18/h7-8,13,15,19-20H,9-12,14H2,1-6H3. The molecule has 1 aliphatic heterocycles. The molecule has 1 heterocycles. The molecule has 1 atom stereocenters. The fraction of sp³-hybridized carbons (Fsp3) is 0.667. The second kappa shape index (κ2) is 8.81. The molecule has 1 aromatic rings. The molecular weight excluding hydrogens is 312 g/mol. The third kappa shape index (κ3) is 5.05. The first-order valence-electron chi connectivity index (χ1n) is 9.43. The zero-order valence-electron chi connectivity index (χ0n) is 16.7. The van der Waals surface area contributed by atoms with Gasteiger partial charge in [0, 0.05) is 45.4 Å². The predicted molar refractivity (Wildman–Crippen MR) is 103 cm³/mol. The van der Waals surface area contributed by atoms with Crippen molar-refractivity contribution < 1.29 is 9.53 Å². The van der Waals surface area contributed by atoms with E-state index in [9.17, 15) is 4.79 Å². The average molecular weight is 347 g/mol. The lowest BCUT2D eigenvalue weighted by molar-refractivity contribution is 0.0271. The fourth-order valence-electron chi connectivity index (χ4n) is 3.60. The van der Waals surface area contributed by atoms with Crippen molar-refractivity contribution >= 4 is 5.91 Å². The Bertz CT molecular complexity index is 577. The van der Waals surface area contributed by atoms with Gasteiger partial charge in [0.1, 0.15) is 0 Å². The molecule has 0 aliphatic carbocycles. The van der Waals surface area contributed by atoms with Crippen LogP contribution in [-0.2, 0) is 4.74 Å². The fourth-order valence-corrected chi connectivity index (χ4v) is 3.60. The molecule has 0 spiro atoms. The van der Waals surface area contributed by atoms with E-state index in [1.165, 1.54) is 11.1 Å². The van der Waals surface area contributed by atoms with E-state index >= 15 is 0 Å². The van der Waals surface area contributed by atoms with Gasteiger partial charge in [-0.05, 0) is 55.9 Å². The Balaban J connectivity index is 2.05. The highest BCUT2D eigenvalue weighted by Gasteiger charge is 2.28. The maximum atomic E-state index is 13.0. The van der Waals surface area contributed by atoms with Crippen molar-refractivity contribution in [1.82, 2.24) is 9.80 Å². The van der Waals surface area contributed by atoms with E-state index in [0.717, 1.165) is 38.0 Å². The van der Waals surface area contributed by atoms with Crippen LogP contribution in [0.25, 0.3) is 0 Å². The van der Waals surface area contributed by atoms with E-state index in [4.69, 9.17) is 4.74 Å². The number of hydrogen-bond donors (Lipinski definition) is 0. The molecule has 1 amide bonds. The highest BCUT2D eigenvalue weighted by atomic mass is 16.5. The van der Waals surface area contributed by atoms with E-state index < -0.39 is 0 Å². The van der Waals surface area contributed by atoms with Gasteiger partial charge in [0.25, 0.3) is 5.91 Å². The van der Waals surface area contributed by atoms with Crippen molar-refractivity contribution in [3.05, 3.63) is 34.9 Å². The maximum Gasteiger partial charge on any atom is 0.253 e. The van der Waals surface area contributed by atoms with Gasteiger partial charge in [-0.25, -0.2) is 0 Å². The summed E-state index contributed by atoms with van der Waals surface area (Å²) in [5.41, 5.74) is 3.18. The van der Waals surface area contributed by atoms with Crippen LogP contribution in [0, 0.1) is 19.8 Å². The Hall–Kier alpha value is -1.39. The quantitative estimate of drug-likeness (QED) is 0.790. The number of carbonyl (C=O) groups excluding carboxylic acids is 1. The Morgan fingerprint density at radius 1 is 1.24 bits per heavy atom. The molecule has 1 saturated heterocycles. The average Bonchev–Trinajstić information content (AvgIpc) is 2.61. The van der Waals surface area contributed by atoms with Crippen molar-refractivity contribution in [2.24, 2.45) is 5.92 Å². The van der Waals surface area contributed by atoms with Crippen LogP contribution < -0.4 is 0 Å². The van der Waals surface area contributed by atoms with Crippen LogP contribution in [0.1, 0.15) is 48.2 Å². The first-order valence-corrected chi connectivity index (χ1v) is 9.43. The van der Waals surface area contributed by atoms with Gasteiger partial charge in [0.15, 0.2) is 0 Å².